The fourth-order valence-corrected chi connectivity index (χ4v) is 6.68. The standard InChI is InChI=1S/C25H21Cl2FN2O3S2/c26-21-11-17(12-22(27)24(21)33-14-16-2-1-3-19(28)10-16)13-29-30-23(31)15-32-20-6-4-18(5-7-20)25-34-8-9-35-25/h1-7,10-13,25H,8-9,14-15H2,(H,30,31)/b29-13-. The molecule has 0 aliphatic carbocycles. The van der Waals surface area contributed by atoms with Gasteiger partial charge in [-0.05, 0) is 53.1 Å². The number of carbonyl (C=O) groups is 1. The summed E-state index contributed by atoms with van der Waals surface area (Å²) in [6, 6.07) is 17.1. The molecular weight excluding hydrogens is 530 g/mol. The third kappa shape index (κ3) is 7.54. The number of carbonyl (C=O) groups excluding carboxylic acids is 1. The van der Waals surface area contributed by atoms with Crippen molar-refractivity contribution in [1.29, 1.82) is 0 Å². The van der Waals surface area contributed by atoms with Gasteiger partial charge in [0.25, 0.3) is 5.91 Å². The number of hydrogen-bond acceptors (Lipinski definition) is 6. The van der Waals surface area contributed by atoms with Gasteiger partial charge in [-0.1, -0.05) is 47.5 Å². The molecule has 3 aromatic carbocycles. The van der Waals surface area contributed by atoms with E-state index in [9.17, 15) is 9.18 Å². The van der Waals surface area contributed by atoms with Crippen molar-refractivity contribution in [1.82, 2.24) is 5.43 Å². The Balaban J connectivity index is 1.25. The fourth-order valence-electron chi connectivity index (χ4n) is 3.21. The van der Waals surface area contributed by atoms with Crippen LogP contribution in [0, 0.1) is 5.82 Å². The van der Waals surface area contributed by atoms with Crippen molar-refractivity contribution in [2.75, 3.05) is 18.1 Å². The van der Waals surface area contributed by atoms with Gasteiger partial charge in [0.2, 0.25) is 0 Å². The minimum absolute atomic E-state index is 0.113. The molecule has 1 aliphatic heterocycles. The Morgan fingerprint density at radius 3 is 2.46 bits per heavy atom. The zero-order valence-electron chi connectivity index (χ0n) is 18.4. The second kappa shape index (κ2) is 12.5. The monoisotopic (exact) mass is 550 g/mol. The Kier molecular flexibility index (Phi) is 9.20. The van der Waals surface area contributed by atoms with E-state index < -0.39 is 5.91 Å². The first kappa shape index (κ1) is 25.7. The fraction of sp³-hybridized carbons (Fsp3) is 0.200. The quantitative estimate of drug-likeness (QED) is 0.236. The van der Waals surface area contributed by atoms with Gasteiger partial charge < -0.3 is 9.47 Å². The third-order valence-electron chi connectivity index (χ3n) is 4.84. The average Bonchev–Trinajstić information content (AvgIpc) is 3.38. The summed E-state index contributed by atoms with van der Waals surface area (Å²) >= 11 is 16.5. The highest BCUT2D eigenvalue weighted by Crippen LogP contribution is 2.45. The molecule has 10 heteroatoms. The molecule has 1 aliphatic rings. The maximum Gasteiger partial charge on any atom is 0.277 e. The Hall–Kier alpha value is -2.39. The van der Waals surface area contributed by atoms with Crippen molar-refractivity contribution in [3.05, 3.63) is 93.2 Å². The van der Waals surface area contributed by atoms with Crippen LogP contribution in [0.4, 0.5) is 4.39 Å². The van der Waals surface area contributed by atoms with E-state index in [-0.39, 0.29) is 34.8 Å². The molecule has 4 rings (SSSR count). The molecule has 0 bridgehead atoms. The maximum atomic E-state index is 13.3. The predicted molar refractivity (Wildman–Crippen MR) is 143 cm³/mol. The van der Waals surface area contributed by atoms with E-state index in [2.05, 4.69) is 10.5 Å². The summed E-state index contributed by atoms with van der Waals surface area (Å²) in [4.78, 5) is 12.1. The molecule has 0 saturated carbocycles. The van der Waals surface area contributed by atoms with Crippen LogP contribution in [0.5, 0.6) is 11.5 Å². The van der Waals surface area contributed by atoms with Crippen LogP contribution in [0.25, 0.3) is 0 Å². The Morgan fingerprint density at radius 2 is 1.77 bits per heavy atom. The second-order valence-corrected chi connectivity index (χ2v) is 11.0. The van der Waals surface area contributed by atoms with Crippen LogP contribution in [-0.2, 0) is 11.4 Å². The molecule has 1 N–H and O–H groups in total. The number of thioether (sulfide) groups is 2. The lowest BCUT2D eigenvalue weighted by Gasteiger charge is -2.11. The highest BCUT2D eigenvalue weighted by molar-refractivity contribution is 8.19. The molecule has 35 heavy (non-hydrogen) atoms. The van der Waals surface area contributed by atoms with Crippen LogP contribution in [-0.4, -0.2) is 30.2 Å². The topological polar surface area (TPSA) is 59.9 Å². The predicted octanol–water partition coefficient (Wildman–Crippen LogP) is 6.72. The van der Waals surface area contributed by atoms with Crippen molar-refractivity contribution in [3.63, 3.8) is 0 Å². The smallest absolute Gasteiger partial charge is 0.277 e. The summed E-state index contributed by atoms with van der Waals surface area (Å²) in [5, 5.41) is 4.46. The SMILES string of the molecule is O=C(COc1ccc(C2SCCS2)cc1)N/N=C\c1cc(Cl)c(OCc2cccc(F)c2)c(Cl)c1. The minimum atomic E-state index is -0.403. The Bertz CT molecular complexity index is 1180. The Morgan fingerprint density at radius 1 is 1.06 bits per heavy atom. The van der Waals surface area contributed by atoms with Crippen LogP contribution in [0.15, 0.2) is 65.8 Å². The van der Waals surface area contributed by atoms with Gasteiger partial charge in [0, 0.05) is 11.5 Å². The first-order chi connectivity index (χ1) is 17.0. The van der Waals surface area contributed by atoms with Crippen molar-refractivity contribution < 1.29 is 18.7 Å². The van der Waals surface area contributed by atoms with Crippen LogP contribution in [0.3, 0.4) is 0 Å². The lowest BCUT2D eigenvalue weighted by molar-refractivity contribution is -0.123. The van der Waals surface area contributed by atoms with Gasteiger partial charge in [-0.3, -0.25) is 4.79 Å². The van der Waals surface area contributed by atoms with Gasteiger partial charge >= 0.3 is 0 Å². The van der Waals surface area contributed by atoms with E-state index >= 15 is 0 Å². The second-order valence-electron chi connectivity index (χ2n) is 7.46. The molecule has 1 fully saturated rings. The number of rotatable bonds is 9. The van der Waals surface area contributed by atoms with Crippen LogP contribution >= 0.6 is 46.7 Å². The first-order valence-electron chi connectivity index (χ1n) is 10.6. The lowest BCUT2D eigenvalue weighted by Crippen LogP contribution is -2.24. The van der Waals surface area contributed by atoms with Gasteiger partial charge in [-0.2, -0.15) is 5.10 Å². The van der Waals surface area contributed by atoms with E-state index in [0.717, 1.165) is 0 Å². The molecule has 0 radical (unpaired) electrons. The number of ether oxygens (including phenoxy) is 2. The van der Waals surface area contributed by atoms with Crippen LogP contribution in [0.2, 0.25) is 10.0 Å². The zero-order valence-corrected chi connectivity index (χ0v) is 21.5. The van der Waals surface area contributed by atoms with Crippen LogP contribution in [0.1, 0.15) is 21.3 Å². The molecule has 182 valence electrons. The molecule has 0 spiro atoms. The molecular formula is C25H21Cl2FN2O3S2. The molecule has 0 atom stereocenters. The lowest BCUT2D eigenvalue weighted by atomic mass is 10.2. The highest BCUT2D eigenvalue weighted by atomic mass is 35.5. The average molecular weight is 551 g/mol. The summed E-state index contributed by atoms with van der Waals surface area (Å²) in [6.45, 7) is -0.0556. The summed E-state index contributed by atoms with van der Waals surface area (Å²) in [7, 11) is 0. The van der Waals surface area contributed by atoms with Crippen LogP contribution < -0.4 is 14.9 Å². The van der Waals surface area contributed by atoms with E-state index in [1.165, 1.54) is 35.4 Å². The molecule has 1 heterocycles. The summed E-state index contributed by atoms with van der Waals surface area (Å²) in [6.07, 6.45) is 1.41. The molecule has 1 saturated heterocycles. The summed E-state index contributed by atoms with van der Waals surface area (Å²) in [5.41, 5.74) is 4.88. The summed E-state index contributed by atoms with van der Waals surface area (Å²) < 4.78 is 25.0. The van der Waals surface area contributed by atoms with Gasteiger partial charge in [-0.25, -0.2) is 9.82 Å². The highest BCUT2D eigenvalue weighted by Gasteiger charge is 2.18. The molecule has 3 aromatic rings. The van der Waals surface area contributed by atoms with Crippen molar-refractivity contribution >= 4 is 58.8 Å². The molecule has 0 unspecified atom stereocenters. The molecule has 5 nitrogen and oxygen atoms in total. The van der Waals surface area contributed by atoms with Crippen molar-refractivity contribution in [2.24, 2.45) is 5.10 Å². The minimum Gasteiger partial charge on any atom is -0.486 e. The third-order valence-corrected chi connectivity index (χ3v) is 8.51. The molecule has 1 amide bonds. The molecule has 0 aromatic heterocycles. The van der Waals surface area contributed by atoms with Gasteiger partial charge in [-0.15, -0.1) is 23.5 Å². The van der Waals surface area contributed by atoms with E-state index in [1.54, 1.807) is 24.3 Å². The van der Waals surface area contributed by atoms with E-state index in [4.69, 9.17) is 32.7 Å². The maximum absolute atomic E-state index is 13.3. The number of benzene rings is 3. The number of amides is 1. The van der Waals surface area contributed by atoms with E-state index in [0.29, 0.717) is 21.5 Å². The largest absolute Gasteiger partial charge is 0.486 e. The van der Waals surface area contributed by atoms with Gasteiger partial charge in [0.05, 0.1) is 20.8 Å². The normalized spacial score (nSPS) is 13.8. The number of hydrazone groups is 1. The number of hydrogen-bond donors (Lipinski definition) is 1. The van der Waals surface area contributed by atoms with Crippen molar-refractivity contribution in [2.45, 2.75) is 11.2 Å². The van der Waals surface area contributed by atoms with Gasteiger partial charge in [0.1, 0.15) is 18.2 Å². The zero-order chi connectivity index (χ0) is 24.6. The number of nitrogens with zero attached hydrogens (tertiary/aromatic N) is 1. The van der Waals surface area contributed by atoms with Crippen molar-refractivity contribution in [3.8, 4) is 11.5 Å². The Labute approximate surface area is 221 Å². The van der Waals surface area contributed by atoms with Gasteiger partial charge in [0.15, 0.2) is 12.4 Å². The van der Waals surface area contributed by atoms with E-state index in [1.807, 2.05) is 47.8 Å². The first-order valence-corrected chi connectivity index (χ1v) is 13.5. The number of halogens is 3. The summed E-state index contributed by atoms with van der Waals surface area (Å²) in [5.74, 6) is 2.48. The number of nitrogens with one attached hydrogen (secondary N) is 1.